The van der Waals surface area contributed by atoms with Crippen molar-refractivity contribution in [3.05, 3.63) is 0 Å². The molecule has 1 aliphatic heterocycles. The van der Waals surface area contributed by atoms with Gasteiger partial charge in [0.2, 0.25) is 0 Å². The fraction of sp³-hybridized carbons (Fsp3) is 0.800. The third-order valence-corrected chi connectivity index (χ3v) is 6.48. The van der Waals surface area contributed by atoms with E-state index in [1.807, 2.05) is 0 Å². The van der Waals surface area contributed by atoms with E-state index in [0.29, 0.717) is 48.7 Å². The van der Waals surface area contributed by atoms with Crippen molar-refractivity contribution in [1.82, 2.24) is 0 Å². The second kappa shape index (κ2) is 15.4. The average molecular weight is 401 g/mol. The predicted molar refractivity (Wildman–Crippen MR) is 110 cm³/mol. The Morgan fingerprint density at radius 3 is 0.846 bits per heavy atom. The first-order chi connectivity index (χ1) is 12.6. The van der Waals surface area contributed by atoms with Crippen molar-refractivity contribution < 1.29 is 19.2 Å². The van der Waals surface area contributed by atoms with Crippen molar-refractivity contribution in [3.8, 4) is 0 Å². The van der Waals surface area contributed by atoms with Crippen molar-refractivity contribution in [2.75, 3.05) is 23.0 Å². The zero-order valence-electron chi connectivity index (χ0n) is 15.8. The van der Waals surface area contributed by atoms with Gasteiger partial charge in [0, 0.05) is 25.7 Å². The van der Waals surface area contributed by atoms with Crippen molar-refractivity contribution in [1.29, 1.82) is 0 Å². The standard InChI is InChI=1S/C20H32O4S2/c21-17-9-5-1-2-6-10-18(22)14-26-16-20(24)12-8-4-3-7-11-19(23)15-25-13-17/h1-16H2. The van der Waals surface area contributed by atoms with Crippen LogP contribution in [0.3, 0.4) is 0 Å². The van der Waals surface area contributed by atoms with E-state index in [4.69, 9.17) is 0 Å². The van der Waals surface area contributed by atoms with Crippen molar-refractivity contribution in [3.63, 3.8) is 0 Å². The van der Waals surface area contributed by atoms with Gasteiger partial charge in [0.15, 0.2) is 0 Å². The third-order valence-electron chi connectivity index (χ3n) is 4.37. The molecule has 0 N–H and O–H groups in total. The van der Waals surface area contributed by atoms with Crippen LogP contribution in [0, 0.1) is 0 Å². The van der Waals surface area contributed by atoms with Gasteiger partial charge in [0.25, 0.3) is 0 Å². The molecule has 1 rings (SSSR count). The number of carbonyl (C=O) groups is 4. The fourth-order valence-electron chi connectivity index (χ4n) is 2.84. The van der Waals surface area contributed by atoms with Crippen LogP contribution in [0.2, 0.25) is 0 Å². The molecule has 0 radical (unpaired) electrons. The molecule has 148 valence electrons. The van der Waals surface area contributed by atoms with E-state index in [-0.39, 0.29) is 23.1 Å². The van der Waals surface area contributed by atoms with Gasteiger partial charge in [-0.3, -0.25) is 19.2 Å². The number of rotatable bonds is 0. The molecule has 0 spiro atoms. The Morgan fingerprint density at radius 2 is 0.615 bits per heavy atom. The normalized spacial score (nSPS) is 22.5. The Hall–Kier alpha value is -0.620. The van der Waals surface area contributed by atoms with Gasteiger partial charge >= 0.3 is 0 Å². The number of thioether (sulfide) groups is 2. The molecule has 1 fully saturated rings. The Kier molecular flexibility index (Phi) is 13.9. The SMILES string of the molecule is O=C1CCCCCCC(=O)CSCC(=O)CCCCCCC(=O)CSC1. The smallest absolute Gasteiger partial charge is 0.142 e. The highest BCUT2D eigenvalue weighted by atomic mass is 32.2. The molecule has 6 heteroatoms. The zero-order chi connectivity index (χ0) is 19.0. The van der Waals surface area contributed by atoms with Crippen LogP contribution in [0.15, 0.2) is 0 Å². The number of hydrogen-bond acceptors (Lipinski definition) is 6. The van der Waals surface area contributed by atoms with Crippen LogP contribution in [0.1, 0.15) is 77.0 Å². The lowest BCUT2D eigenvalue weighted by molar-refractivity contribution is -0.118. The molecule has 1 heterocycles. The summed E-state index contributed by atoms with van der Waals surface area (Å²) in [7, 11) is 0. The molecular weight excluding hydrogens is 368 g/mol. The van der Waals surface area contributed by atoms with Crippen molar-refractivity contribution in [2.45, 2.75) is 77.0 Å². The molecule has 1 saturated heterocycles. The van der Waals surface area contributed by atoms with Gasteiger partial charge in [0.1, 0.15) is 23.1 Å². The van der Waals surface area contributed by atoms with Gasteiger partial charge in [-0.2, -0.15) is 0 Å². The summed E-state index contributed by atoms with van der Waals surface area (Å²) >= 11 is 2.87. The summed E-state index contributed by atoms with van der Waals surface area (Å²) in [6.07, 6.45) is 9.64. The van der Waals surface area contributed by atoms with Gasteiger partial charge in [-0.15, -0.1) is 23.5 Å². The van der Waals surface area contributed by atoms with E-state index < -0.39 is 0 Å². The van der Waals surface area contributed by atoms with Gasteiger partial charge in [-0.1, -0.05) is 25.7 Å². The van der Waals surface area contributed by atoms with Crippen LogP contribution < -0.4 is 0 Å². The fourth-order valence-corrected chi connectivity index (χ4v) is 4.53. The Bertz CT molecular complexity index is 381. The summed E-state index contributed by atoms with van der Waals surface area (Å²) in [5, 5.41) is 0. The average Bonchev–Trinajstić information content (AvgIpc) is 2.60. The van der Waals surface area contributed by atoms with E-state index in [1.54, 1.807) is 0 Å². The zero-order valence-corrected chi connectivity index (χ0v) is 17.4. The second-order valence-corrected chi connectivity index (χ2v) is 8.94. The molecule has 0 saturated carbocycles. The first-order valence-electron chi connectivity index (χ1n) is 9.80. The molecule has 0 atom stereocenters. The highest BCUT2D eigenvalue weighted by Gasteiger charge is 2.09. The Morgan fingerprint density at radius 1 is 0.385 bits per heavy atom. The molecule has 0 amide bonds. The summed E-state index contributed by atoms with van der Waals surface area (Å²) in [5.74, 6) is 2.63. The summed E-state index contributed by atoms with van der Waals surface area (Å²) in [4.78, 5) is 47.2. The van der Waals surface area contributed by atoms with Gasteiger partial charge < -0.3 is 0 Å². The van der Waals surface area contributed by atoms with Crippen LogP contribution in [-0.4, -0.2) is 46.1 Å². The molecule has 0 aromatic heterocycles. The van der Waals surface area contributed by atoms with Crippen LogP contribution in [0.4, 0.5) is 0 Å². The number of Topliss-reactive ketones (excluding diaryl/α,β-unsaturated/α-hetero) is 4. The highest BCUT2D eigenvalue weighted by molar-refractivity contribution is 8.00. The number of hydrogen-bond donors (Lipinski definition) is 0. The molecule has 1 aliphatic rings. The monoisotopic (exact) mass is 400 g/mol. The summed E-state index contributed by atoms with van der Waals surface area (Å²) < 4.78 is 0. The van der Waals surface area contributed by atoms with E-state index in [2.05, 4.69) is 0 Å². The molecule has 0 unspecified atom stereocenters. The Balaban J connectivity index is 2.32. The van der Waals surface area contributed by atoms with Crippen LogP contribution in [0.25, 0.3) is 0 Å². The first kappa shape index (κ1) is 23.4. The summed E-state index contributed by atoms with van der Waals surface area (Å²) in [6.45, 7) is 0. The van der Waals surface area contributed by atoms with E-state index in [0.717, 1.165) is 51.4 Å². The van der Waals surface area contributed by atoms with Gasteiger partial charge in [-0.25, -0.2) is 0 Å². The van der Waals surface area contributed by atoms with Gasteiger partial charge in [0.05, 0.1) is 23.0 Å². The second-order valence-electron chi connectivity index (χ2n) is 6.97. The minimum absolute atomic E-state index is 0.224. The lowest BCUT2D eigenvalue weighted by atomic mass is 10.1. The van der Waals surface area contributed by atoms with Gasteiger partial charge in [-0.05, 0) is 25.7 Å². The molecule has 26 heavy (non-hydrogen) atoms. The first-order valence-corrected chi connectivity index (χ1v) is 12.1. The number of carbonyl (C=O) groups excluding carboxylic acids is 4. The maximum Gasteiger partial charge on any atom is 0.142 e. The number of ketones is 4. The van der Waals surface area contributed by atoms with Crippen molar-refractivity contribution in [2.24, 2.45) is 0 Å². The molecule has 0 aliphatic carbocycles. The van der Waals surface area contributed by atoms with E-state index in [1.165, 1.54) is 23.5 Å². The quantitative estimate of drug-likeness (QED) is 0.599. The molecular formula is C20H32O4S2. The summed E-state index contributed by atoms with van der Waals surface area (Å²) in [5.41, 5.74) is 0. The molecule has 0 bridgehead atoms. The maximum absolute atomic E-state index is 11.8. The van der Waals surface area contributed by atoms with E-state index in [9.17, 15) is 19.2 Å². The molecule has 4 nitrogen and oxygen atoms in total. The minimum atomic E-state index is 0.224. The molecule has 0 aromatic carbocycles. The summed E-state index contributed by atoms with van der Waals surface area (Å²) in [6, 6.07) is 0. The molecule has 0 aromatic rings. The highest BCUT2D eigenvalue weighted by Crippen LogP contribution is 2.13. The lowest BCUT2D eigenvalue weighted by Gasteiger charge is -2.05. The van der Waals surface area contributed by atoms with E-state index >= 15 is 0 Å². The topological polar surface area (TPSA) is 68.3 Å². The maximum atomic E-state index is 11.8. The third kappa shape index (κ3) is 13.6. The minimum Gasteiger partial charge on any atom is -0.299 e. The Labute approximate surface area is 166 Å². The van der Waals surface area contributed by atoms with Crippen molar-refractivity contribution >= 4 is 46.7 Å². The largest absolute Gasteiger partial charge is 0.299 e. The predicted octanol–water partition coefficient (Wildman–Crippen LogP) is 4.42. The van der Waals surface area contributed by atoms with Crippen LogP contribution >= 0.6 is 23.5 Å². The van der Waals surface area contributed by atoms with Crippen LogP contribution in [0.5, 0.6) is 0 Å². The van der Waals surface area contributed by atoms with Crippen LogP contribution in [-0.2, 0) is 19.2 Å². The lowest BCUT2D eigenvalue weighted by Crippen LogP contribution is -2.08.